The molecule has 0 atom stereocenters. The lowest BCUT2D eigenvalue weighted by Gasteiger charge is -2.24. The summed E-state index contributed by atoms with van der Waals surface area (Å²) in [5.74, 6) is 0.998. The lowest BCUT2D eigenvalue weighted by Crippen LogP contribution is -2.29. The minimum Gasteiger partial charge on any atom is -0.377 e. The molecule has 0 fully saturated rings. The van der Waals surface area contributed by atoms with Gasteiger partial charge in [-0.15, -0.1) is 0 Å². The number of methoxy groups -OCH3 is 1. The molecule has 0 aliphatic carbocycles. The molecule has 96 valence electrons. The summed E-state index contributed by atoms with van der Waals surface area (Å²) in [6.45, 7) is 7.05. The van der Waals surface area contributed by atoms with Crippen molar-refractivity contribution < 1.29 is 4.74 Å². The SMILES string of the molecule is COC(C)(C)Cn1ccnc1-c1ccccc1C. The smallest absolute Gasteiger partial charge is 0.140 e. The highest BCUT2D eigenvalue weighted by Crippen LogP contribution is 2.23. The Labute approximate surface area is 108 Å². The minimum absolute atomic E-state index is 0.196. The third-order valence-corrected chi connectivity index (χ3v) is 3.21. The summed E-state index contributed by atoms with van der Waals surface area (Å²) in [5, 5.41) is 0. The first-order valence-corrected chi connectivity index (χ1v) is 6.16. The largest absolute Gasteiger partial charge is 0.377 e. The van der Waals surface area contributed by atoms with Crippen LogP contribution in [0, 0.1) is 6.92 Å². The summed E-state index contributed by atoms with van der Waals surface area (Å²) in [4.78, 5) is 4.47. The first-order valence-electron chi connectivity index (χ1n) is 6.16. The van der Waals surface area contributed by atoms with E-state index in [0.29, 0.717) is 0 Å². The fraction of sp³-hybridized carbons (Fsp3) is 0.400. The Bertz CT molecular complexity index is 529. The van der Waals surface area contributed by atoms with Gasteiger partial charge in [-0.25, -0.2) is 4.98 Å². The molecule has 0 N–H and O–H groups in total. The van der Waals surface area contributed by atoms with Crippen LogP contribution in [0.5, 0.6) is 0 Å². The number of nitrogens with zero attached hydrogens (tertiary/aromatic N) is 2. The monoisotopic (exact) mass is 244 g/mol. The molecule has 0 radical (unpaired) electrons. The van der Waals surface area contributed by atoms with E-state index in [2.05, 4.69) is 42.5 Å². The summed E-state index contributed by atoms with van der Waals surface area (Å²) in [5.41, 5.74) is 2.22. The molecule has 1 aromatic carbocycles. The van der Waals surface area contributed by atoms with Crippen LogP contribution < -0.4 is 0 Å². The number of ether oxygens (including phenoxy) is 1. The summed E-state index contributed by atoms with van der Waals surface area (Å²) >= 11 is 0. The standard InChI is InChI=1S/C15H20N2O/c1-12-7-5-6-8-13(12)14-16-9-10-17(14)11-15(2,3)18-4/h5-10H,11H2,1-4H3. The molecular formula is C15H20N2O. The molecule has 0 saturated heterocycles. The number of rotatable bonds is 4. The topological polar surface area (TPSA) is 27.1 Å². The Hall–Kier alpha value is -1.61. The average molecular weight is 244 g/mol. The first-order chi connectivity index (χ1) is 8.53. The predicted molar refractivity (Wildman–Crippen MR) is 73.5 cm³/mol. The Morgan fingerprint density at radius 2 is 2.00 bits per heavy atom. The Morgan fingerprint density at radius 3 is 2.67 bits per heavy atom. The van der Waals surface area contributed by atoms with Crippen LogP contribution in [0.25, 0.3) is 11.4 Å². The maximum Gasteiger partial charge on any atom is 0.140 e. The van der Waals surface area contributed by atoms with E-state index in [1.807, 2.05) is 24.5 Å². The molecule has 1 aromatic heterocycles. The van der Waals surface area contributed by atoms with Gasteiger partial charge in [0.2, 0.25) is 0 Å². The van der Waals surface area contributed by atoms with Gasteiger partial charge in [0.25, 0.3) is 0 Å². The van der Waals surface area contributed by atoms with Crippen molar-refractivity contribution >= 4 is 0 Å². The second kappa shape index (κ2) is 4.94. The molecule has 1 heterocycles. The normalized spacial score (nSPS) is 11.8. The lowest BCUT2D eigenvalue weighted by molar-refractivity contribution is 0.00850. The zero-order valence-corrected chi connectivity index (χ0v) is 11.5. The van der Waals surface area contributed by atoms with Gasteiger partial charge in [0.15, 0.2) is 0 Å². The molecule has 0 spiro atoms. The predicted octanol–water partition coefficient (Wildman–Crippen LogP) is 3.28. The van der Waals surface area contributed by atoms with Crippen LogP contribution in [0.1, 0.15) is 19.4 Å². The van der Waals surface area contributed by atoms with Crippen molar-refractivity contribution in [1.29, 1.82) is 0 Å². The quantitative estimate of drug-likeness (QED) is 0.825. The van der Waals surface area contributed by atoms with Gasteiger partial charge in [-0.1, -0.05) is 24.3 Å². The van der Waals surface area contributed by atoms with E-state index >= 15 is 0 Å². The molecule has 0 amide bonds. The number of aryl methyl sites for hydroxylation is 1. The van der Waals surface area contributed by atoms with Crippen LogP contribution in [0.3, 0.4) is 0 Å². The van der Waals surface area contributed by atoms with Gasteiger partial charge in [-0.05, 0) is 26.3 Å². The number of hydrogen-bond donors (Lipinski definition) is 0. The van der Waals surface area contributed by atoms with Crippen molar-refractivity contribution in [2.45, 2.75) is 32.9 Å². The molecule has 0 bridgehead atoms. The second-order valence-corrected chi connectivity index (χ2v) is 5.16. The lowest BCUT2D eigenvalue weighted by atomic mass is 10.1. The van der Waals surface area contributed by atoms with Crippen molar-refractivity contribution in [3.63, 3.8) is 0 Å². The van der Waals surface area contributed by atoms with E-state index in [1.54, 1.807) is 7.11 Å². The second-order valence-electron chi connectivity index (χ2n) is 5.16. The van der Waals surface area contributed by atoms with Gasteiger partial charge in [0, 0.05) is 25.1 Å². The molecule has 0 saturated carbocycles. The fourth-order valence-electron chi connectivity index (χ4n) is 1.98. The molecule has 0 unspecified atom stereocenters. The molecule has 18 heavy (non-hydrogen) atoms. The van der Waals surface area contributed by atoms with Crippen LogP contribution in [0.4, 0.5) is 0 Å². The third-order valence-electron chi connectivity index (χ3n) is 3.21. The Balaban J connectivity index is 2.37. The van der Waals surface area contributed by atoms with Crippen LogP contribution in [0.2, 0.25) is 0 Å². The van der Waals surface area contributed by atoms with E-state index < -0.39 is 0 Å². The van der Waals surface area contributed by atoms with Crippen molar-refractivity contribution in [3.8, 4) is 11.4 Å². The van der Waals surface area contributed by atoms with Crippen LogP contribution in [-0.4, -0.2) is 22.3 Å². The van der Waals surface area contributed by atoms with Gasteiger partial charge >= 0.3 is 0 Å². The summed E-state index contributed by atoms with van der Waals surface area (Å²) in [6, 6.07) is 8.30. The molecule has 3 nitrogen and oxygen atoms in total. The fourth-order valence-corrected chi connectivity index (χ4v) is 1.98. The average Bonchev–Trinajstić information content (AvgIpc) is 2.77. The van der Waals surface area contributed by atoms with Gasteiger partial charge in [-0.2, -0.15) is 0 Å². The van der Waals surface area contributed by atoms with Gasteiger partial charge in [0.05, 0.1) is 12.1 Å². The Morgan fingerprint density at radius 1 is 1.28 bits per heavy atom. The highest BCUT2D eigenvalue weighted by atomic mass is 16.5. The van der Waals surface area contributed by atoms with E-state index in [-0.39, 0.29) is 5.60 Å². The number of hydrogen-bond acceptors (Lipinski definition) is 2. The number of aromatic nitrogens is 2. The van der Waals surface area contributed by atoms with E-state index in [1.165, 1.54) is 11.1 Å². The van der Waals surface area contributed by atoms with E-state index in [4.69, 9.17) is 4.74 Å². The van der Waals surface area contributed by atoms with Gasteiger partial charge < -0.3 is 9.30 Å². The van der Waals surface area contributed by atoms with Gasteiger partial charge in [-0.3, -0.25) is 0 Å². The van der Waals surface area contributed by atoms with Crippen molar-refractivity contribution in [3.05, 3.63) is 42.2 Å². The maximum atomic E-state index is 5.48. The zero-order valence-electron chi connectivity index (χ0n) is 11.5. The Kier molecular flexibility index (Phi) is 3.53. The number of imidazole rings is 1. The zero-order chi connectivity index (χ0) is 13.2. The van der Waals surface area contributed by atoms with Crippen molar-refractivity contribution in [2.24, 2.45) is 0 Å². The van der Waals surface area contributed by atoms with Gasteiger partial charge in [0.1, 0.15) is 5.82 Å². The van der Waals surface area contributed by atoms with E-state index in [9.17, 15) is 0 Å². The summed E-state index contributed by atoms with van der Waals surface area (Å²) in [7, 11) is 1.74. The molecule has 2 aromatic rings. The maximum absolute atomic E-state index is 5.48. The third kappa shape index (κ3) is 2.62. The number of benzene rings is 1. The molecule has 3 heteroatoms. The first kappa shape index (κ1) is 12.8. The minimum atomic E-state index is -0.196. The molecule has 0 aliphatic rings. The van der Waals surface area contributed by atoms with Crippen LogP contribution in [-0.2, 0) is 11.3 Å². The summed E-state index contributed by atoms with van der Waals surface area (Å²) in [6.07, 6.45) is 3.84. The highest BCUT2D eigenvalue weighted by molar-refractivity contribution is 5.60. The summed E-state index contributed by atoms with van der Waals surface area (Å²) < 4.78 is 7.63. The highest BCUT2D eigenvalue weighted by Gasteiger charge is 2.19. The van der Waals surface area contributed by atoms with Crippen molar-refractivity contribution in [1.82, 2.24) is 9.55 Å². The molecule has 0 aliphatic heterocycles. The molecule has 2 rings (SSSR count). The molecular weight excluding hydrogens is 224 g/mol. The van der Waals surface area contributed by atoms with E-state index in [0.717, 1.165) is 12.4 Å². The van der Waals surface area contributed by atoms with Crippen LogP contribution in [0.15, 0.2) is 36.7 Å². The van der Waals surface area contributed by atoms with Crippen molar-refractivity contribution in [2.75, 3.05) is 7.11 Å². The van der Waals surface area contributed by atoms with Crippen LogP contribution >= 0.6 is 0 Å².